The number of aromatic carboxylic acids is 1. The monoisotopic (exact) mass is 524 g/mol. The van der Waals surface area contributed by atoms with Crippen LogP contribution in [-0.2, 0) is 0 Å². The van der Waals surface area contributed by atoms with Gasteiger partial charge < -0.3 is 25.4 Å². The van der Waals surface area contributed by atoms with Gasteiger partial charge in [-0.25, -0.2) is 19.7 Å². The van der Waals surface area contributed by atoms with Crippen molar-refractivity contribution >= 4 is 34.9 Å². The zero-order valence-corrected chi connectivity index (χ0v) is 21.2. The van der Waals surface area contributed by atoms with Crippen molar-refractivity contribution in [2.45, 2.75) is 12.8 Å². The minimum absolute atomic E-state index is 0.217. The third-order valence-corrected chi connectivity index (χ3v) is 6.46. The molecule has 4 aromatic rings. The van der Waals surface area contributed by atoms with Crippen LogP contribution in [0.1, 0.15) is 33.7 Å². The zero-order chi connectivity index (χ0) is 27.0. The molecule has 0 saturated carbocycles. The topological polar surface area (TPSA) is 130 Å². The van der Waals surface area contributed by atoms with Gasteiger partial charge >= 0.3 is 5.97 Å². The number of aromatic nitrogens is 3. The minimum Gasteiger partial charge on any atom is -0.493 e. The van der Waals surface area contributed by atoms with E-state index in [1.165, 1.54) is 6.33 Å². The lowest BCUT2D eigenvalue weighted by molar-refractivity contribution is 0.0696. The van der Waals surface area contributed by atoms with Gasteiger partial charge in [0.05, 0.1) is 24.1 Å². The number of rotatable bonds is 9. The second kappa shape index (κ2) is 12.0. The van der Waals surface area contributed by atoms with Crippen LogP contribution < -0.4 is 20.3 Å². The standard InChI is InChI=1S/C29H28N6O4/c36-28(25-16-26(32-19-31-25)33-22-6-2-1-3-7-22)34-23-9-10-27(30-17-23)35-13-11-20(12-14-35)18-39-24-8-4-5-21(15-24)29(37)38/h1-10,15-17,19-20H,11-14,18H2,(H,34,36)(H,37,38)(H,31,32,33). The molecule has 2 aromatic carbocycles. The molecular weight excluding hydrogens is 496 g/mol. The van der Waals surface area contributed by atoms with Crippen LogP contribution in [0.25, 0.3) is 0 Å². The van der Waals surface area contributed by atoms with Crippen LogP contribution >= 0.6 is 0 Å². The normalized spacial score (nSPS) is 13.5. The number of benzene rings is 2. The number of amides is 1. The zero-order valence-electron chi connectivity index (χ0n) is 21.2. The van der Waals surface area contributed by atoms with E-state index in [1.54, 1.807) is 36.5 Å². The molecule has 10 heteroatoms. The Morgan fingerprint density at radius 3 is 2.49 bits per heavy atom. The van der Waals surface area contributed by atoms with Crippen LogP contribution in [-0.4, -0.2) is 51.6 Å². The van der Waals surface area contributed by atoms with Crippen LogP contribution in [0.2, 0.25) is 0 Å². The van der Waals surface area contributed by atoms with Crippen molar-refractivity contribution in [3.8, 4) is 5.75 Å². The van der Waals surface area contributed by atoms with Gasteiger partial charge in [-0.3, -0.25) is 4.79 Å². The number of carboxylic acid groups (broad SMARTS) is 1. The number of nitrogens with zero attached hydrogens (tertiary/aromatic N) is 4. The fourth-order valence-corrected chi connectivity index (χ4v) is 4.32. The molecule has 1 aliphatic rings. The van der Waals surface area contributed by atoms with Gasteiger partial charge in [-0.15, -0.1) is 0 Å². The lowest BCUT2D eigenvalue weighted by atomic mass is 9.98. The van der Waals surface area contributed by atoms with Gasteiger partial charge in [0.1, 0.15) is 29.4 Å². The highest BCUT2D eigenvalue weighted by Crippen LogP contribution is 2.24. The van der Waals surface area contributed by atoms with Crippen LogP contribution in [0.3, 0.4) is 0 Å². The van der Waals surface area contributed by atoms with Gasteiger partial charge in [-0.1, -0.05) is 24.3 Å². The van der Waals surface area contributed by atoms with E-state index in [-0.39, 0.29) is 17.2 Å². The van der Waals surface area contributed by atoms with Gasteiger partial charge in [0.25, 0.3) is 5.91 Å². The molecule has 0 unspecified atom stereocenters. The van der Waals surface area contributed by atoms with E-state index in [4.69, 9.17) is 9.84 Å². The molecule has 0 radical (unpaired) electrons. The maximum Gasteiger partial charge on any atom is 0.335 e. The van der Waals surface area contributed by atoms with Gasteiger partial charge in [-0.05, 0) is 61.2 Å². The smallest absolute Gasteiger partial charge is 0.335 e. The summed E-state index contributed by atoms with van der Waals surface area (Å²) in [5, 5.41) is 15.1. The number of carbonyl (C=O) groups is 2. The van der Waals surface area contributed by atoms with E-state index in [9.17, 15) is 9.59 Å². The molecular formula is C29H28N6O4. The summed E-state index contributed by atoms with van der Waals surface area (Å²) in [7, 11) is 0. The fraction of sp³-hybridized carbons (Fsp3) is 0.207. The summed E-state index contributed by atoms with van der Waals surface area (Å²) in [6.07, 6.45) is 4.86. The van der Waals surface area contributed by atoms with E-state index < -0.39 is 5.97 Å². The van der Waals surface area contributed by atoms with Gasteiger partial charge in [-0.2, -0.15) is 0 Å². The van der Waals surface area contributed by atoms with E-state index in [0.717, 1.165) is 37.4 Å². The Bertz CT molecular complexity index is 1420. The van der Waals surface area contributed by atoms with Crippen molar-refractivity contribution in [2.75, 3.05) is 35.2 Å². The number of carboxylic acids is 1. The average Bonchev–Trinajstić information content (AvgIpc) is 2.97. The Morgan fingerprint density at radius 1 is 0.923 bits per heavy atom. The largest absolute Gasteiger partial charge is 0.493 e. The molecule has 5 rings (SSSR count). The van der Waals surface area contributed by atoms with E-state index >= 15 is 0 Å². The molecule has 3 heterocycles. The first kappa shape index (κ1) is 25.7. The minimum atomic E-state index is -0.967. The van der Waals surface area contributed by atoms with Crippen LogP contribution in [0.4, 0.5) is 23.0 Å². The number of hydrogen-bond acceptors (Lipinski definition) is 8. The number of carbonyl (C=O) groups excluding carboxylic acids is 1. The van der Waals surface area contributed by atoms with Gasteiger partial charge in [0.2, 0.25) is 0 Å². The number of hydrogen-bond donors (Lipinski definition) is 3. The summed E-state index contributed by atoms with van der Waals surface area (Å²) in [5.41, 5.74) is 1.90. The van der Waals surface area contributed by atoms with E-state index in [2.05, 4.69) is 30.5 Å². The molecule has 1 saturated heterocycles. The molecule has 1 amide bonds. The molecule has 1 aliphatic heterocycles. The lowest BCUT2D eigenvalue weighted by Gasteiger charge is -2.32. The molecule has 10 nitrogen and oxygen atoms in total. The van der Waals surface area contributed by atoms with Crippen LogP contribution in [0, 0.1) is 5.92 Å². The van der Waals surface area contributed by atoms with Crippen LogP contribution in [0.5, 0.6) is 5.75 Å². The summed E-state index contributed by atoms with van der Waals surface area (Å²) in [5.74, 6) is 1.00. The Hall–Kier alpha value is -4.99. The highest BCUT2D eigenvalue weighted by Gasteiger charge is 2.21. The quantitative estimate of drug-likeness (QED) is 0.281. The molecule has 0 atom stereocenters. The Labute approximate surface area is 225 Å². The SMILES string of the molecule is O=C(O)c1cccc(OCC2CCN(c3ccc(NC(=O)c4cc(Nc5ccccc5)ncn4)cn3)CC2)c1. The Kier molecular flexibility index (Phi) is 7.92. The first-order valence-electron chi connectivity index (χ1n) is 12.7. The van der Waals surface area contributed by atoms with Crippen molar-refractivity contribution < 1.29 is 19.4 Å². The first-order valence-corrected chi connectivity index (χ1v) is 12.7. The lowest BCUT2D eigenvalue weighted by Crippen LogP contribution is -2.36. The van der Waals surface area contributed by atoms with E-state index in [1.807, 2.05) is 42.5 Å². The van der Waals surface area contributed by atoms with Crippen molar-refractivity contribution in [3.05, 3.63) is 96.6 Å². The summed E-state index contributed by atoms with van der Waals surface area (Å²) < 4.78 is 5.85. The van der Waals surface area contributed by atoms with Crippen LogP contribution in [0.15, 0.2) is 85.3 Å². The van der Waals surface area contributed by atoms with Crippen molar-refractivity contribution in [1.29, 1.82) is 0 Å². The number of piperidine rings is 1. The van der Waals surface area contributed by atoms with E-state index in [0.29, 0.717) is 29.8 Å². The second-order valence-corrected chi connectivity index (χ2v) is 9.21. The molecule has 0 aliphatic carbocycles. The molecule has 2 aromatic heterocycles. The molecule has 198 valence electrons. The molecule has 0 bridgehead atoms. The molecule has 39 heavy (non-hydrogen) atoms. The predicted molar refractivity (Wildman–Crippen MR) is 148 cm³/mol. The number of pyridine rings is 1. The van der Waals surface area contributed by atoms with Crippen molar-refractivity contribution in [2.24, 2.45) is 5.92 Å². The number of nitrogens with one attached hydrogen (secondary N) is 2. The molecule has 1 fully saturated rings. The first-order chi connectivity index (χ1) is 19.0. The van der Waals surface area contributed by atoms with Gasteiger partial charge in [0, 0.05) is 24.8 Å². The fourth-order valence-electron chi connectivity index (χ4n) is 4.32. The molecule has 3 N–H and O–H groups in total. The van der Waals surface area contributed by atoms with Crippen molar-refractivity contribution in [1.82, 2.24) is 15.0 Å². The Morgan fingerprint density at radius 2 is 1.74 bits per heavy atom. The van der Waals surface area contributed by atoms with Gasteiger partial charge in [0.15, 0.2) is 0 Å². The predicted octanol–water partition coefficient (Wildman–Crippen LogP) is 4.86. The average molecular weight is 525 g/mol. The highest BCUT2D eigenvalue weighted by molar-refractivity contribution is 6.03. The number of para-hydroxylation sites is 1. The summed E-state index contributed by atoms with van der Waals surface area (Å²) in [4.78, 5) is 38.9. The maximum atomic E-state index is 12.7. The highest BCUT2D eigenvalue weighted by atomic mass is 16.5. The Balaban J connectivity index is 1.11. The molecule has 0 spiro atoms. The number of ether oxygens (including phenoxy) is 1. The van der Waals surface area contributed by atoms with Crippen molar-refractivity contribution in [3.63, 3.8) is 0 Å². The summed E-state index contributed by atoms with van der Waals surface area (Å²) in [6, 6.07) is 21.5. The second-order valence-electron chi connectivity index (χ2n) is 9.21. The summed E-state index contributed by atoms with van der Waals surface area (Å²) in [6.45, 7) is 2.21. The maximum absolute atomic E-state index is 12.7. The summed E-state index contributed by atoms with van der Waals surface area (Å²) >= 11 is 0. The number of anilines is 4. The third kappa shape index (κ3) is 6.86. The third-order valence-electron chi connectivity index (χ3n) is 6.46.